The van der Waals surface area contributed by atoms with Gasteiger partial charge < -0.3 is 29.8 Å². The van der Waals surface area contributed by atoms with E-state index in [1.54, 1.807) is 24.3 Å². The first kappa shape index (κ1) is 25.2. The summed E-state index contributed by atoms with van der Waals surface area (Å²) >= 11 is 0. The SMILES string of the molecule is C[C@@](O)(/C=C/[C@H]1CC=CC(=O)O1)[C@@H](C[C@@H](O)\C=C/C=C\C=C/CO)OP(=O)(O)O. The Kier molecular flexibility index (Phi) is 10.4. The molecule has 0 saturated heterocycles. The second-order valence-corrected chi connectivity index (χ2v) is 7.66. The molecule has 0 saturated carbocycles. The van der Waals surface area contributed by atoms with E-state index in [-0.39, 0.29) is 13.0 Å². The Morgan fingerprint density at radius 3 is 2.66 bits per heavy atom. The van der Waals surface area contributed by atoms with E-state index in [0.717, 1.165) is 0 Å². The van der Waals surface area contributed by atoms with Crippen LogP contribution in [0.1, 0.15) is 19.8 Å². The second-order valence-electron chi connectivity index (χ2n) is 6.47. The van der Waals surface area contributed by atoms with E-state index in [0.29, 0.717) is 6.42 Å². The van der Waals surface area contributed by atoms with Gasteiger partial charge in [0.15, 0.2) is 0 Å². The number of aliphatic hydroxyl groups is 3. The Labute approximate surface area is 169 Å². The molecular formula is C19H27O9P. The molecule has 0 aromatic carbocycles. The zero-order valence-corrected chi connectivity index (χ0v) is 16.8. The van der Waals surface area contributed by atoms with Gasteiger partial charge >= 0.3 is 13.8 Å². The maximum Gasteiger partial charge on any atom is 0.469 e. The van der Waals surface area contributed by atoms with Crippen molar-refractivity contribution in [1.82, 2.24) is 0 Å². The van der Waals surface area contributed by atoms with Crippen LogP contribution in [0.3, 0.4) is 0 Å². The van der Waals surface area contributed by atoms with Crippen molar-refractivity contribution in [3.8, 4) is 0 Å². The molecule has 5 N–H and O–H groups in total. The molecule has 162 valence electrons. The molecular weight excluding hydrogens is 403 g/mol. The summed E-state index contributed by atoms with van der Waals surface area (Å²) in [7, 11) is -4.96. The fraction of sp³-hybridized carbons (Fsp3) is 0.421. The summed E-state index contributed by atoms with van der Waals surface area (Å²) in [5, 5.41) is 29.4. The zero-order valence-electron chi connectivity index (χ0n) is 15.9. The molecule has 0 fully saturated rings. The lowest BCUT2D eigenvalue weighted by Crippen LogP contribution is -2.41. The lowest BCUT2D eigenvalue weighted by atomic mass is 9.93. The third-order valence-electron chi connectivity index (χ3n) is 3.82. The Hall–Kier alpha value is -1.84. The highest BCUT2D eigenvalue weighted by Gasteiger charge is 2.37. The van der Waals surface area contributed by atoms with Crippen LogP contribution in [0.4, 0.5) is 0 Å². The van der Waals surface area contributed by atoms with Crippen LogP contribution in [0.2, 0.25) is 0 Å². The molecule has 4 atom stereocenters. The van der Waals surface area contributed by atoms with Gasteiger partial charge in [-0.15, -0.1) is 0 Å². The molecule has 0 amide bonds. The van der Waals surface area contributed by atoms with Crippen molar-refractivity contribution in [3.63, 3.8) is 0 Å². The van der Waals surface area contributed by atoms with Crippen molar-refractivity contribution < 1.29 is 43.7 Å². The molecule has 1 aliphatic rings. The number of aliphatic hydroxyl groups excluding tert-OH is 2. The minimum absolute atomic E-state index is 0.100. The summed E-state index contributed by atoms with van der Waals surface area (Å²) in [5.74, 6) is -0.531. The van der Waals surface area contributed by atoms with Gasteiger partial charge in [-0.25, -0.2) is 9.36 Å². The van der Waals surface area contributed by atoms with E-state index in [9.17, 15) is 19.6 Å². The predicted octanol–water partition coefficient (Wildman–Crippen LogP) is 1.06. The van der Waals surface area contributed by atoms with Crippen LogP contribution in [-0.4, -0.2) is 61.6 Å². The maximum atomic E-state index is 11.3. The molecule has 9 nitrogen and oxygen atoms in total. The number of hydrogen-bond donors (Lipinski definition) is 5. The van der Waals surface area contributed by atoms with E-state index in [1.807, 2.05) is 0 Å². The minimum Gasteiger partial charge on any atom is -0.455 e. The molecule has 0 aliphatic carbocycles. The topological polar surface area (TPSA) is 154 Å². The number of rotatable bonds is 11. The van der Waals surface area contributed by atoms with Gasteiger partial charge in [0.2, 0.25) is 0 Å². The largest absolute Gasteiger partial charge is 0.469 e. The predicted molar refractivity (Wildman–Crippen MR) is 105 cm³/mol. The highest BCUT2D eigenvalue weighted by molar-refractivity contribution is 7.46. The molecule has 29 heavy (non-hydrogen) atoms. The molecule has 0 spiro atoms. The fourth-order valence-electron chi connectivity index (χ4n) is 2.37. The number of carbonyl (C=O) groups is 1. The smallest absolute Gasteiger partial charge is 0.455 e. The summed E-state index contributed by atoms with van der Waals surface area (Å²) in [4.78, 5) is 29.6. The monoisotopic (exact) mass is 430 g/mol. The standard InChI is InChI=1S/C19H27O9P/c1-19(23,12-11-16-9-7-10-18(22)27-16)17(28-29(24,25)26)14-15(21)8-5-3-2-4-6-13-20/h2-8,10-12,15-17,20-21,23H,9,13-14H2,1H3,(H2,24,25,26)/b3-2-,6-4-,8-5-,12-11+/t15-,16+,17+,19+/m0/s1. The Balaban J connectivity index is 2.84. The molecule has 0 unspecified atom stereocenters. The fourth-order valence-corrected chi connectivity index (χ4v) is 3.01. The number of phosphoric acid groups is 1. The number of cyclic esters (lactones) is 1. The van der Waals surface area contributed by atoms with E-state index < -0.39 is 37.7 Å². The van der Waals surface area contributed by atoms with Gasteiger partial charge in [-0.05, 0) is 13.0 Å². The van der Waals surface area contributed by atoms with Gasteiger partial charge in [0.1, 0.15) is 17.8 Å². The van der Waals surface area contributed by atoms with Crippen molar-refractivity contribution in [3.05, 3.63) is 60.8 Å². The van der Waals surface area contributed by atoms with Gasteiger partial charge in [0, 0.05) is 18.9 Å². The highest BCUT2D eigenvalue weighted by atomic mass is 31.2. The van der Waals surface area contributed by atoms with Crippen molar-refractivity contribution in [2.75, 3.05) is 6.61 Å². The first-order valence-corrected chi connectivity index (χ1v) is 10.4. The quantitative estimate of drug-likeness (QED) is 0.140. The lowest BCUT2D eigenvalue weighted by molar-refractivity contribution is -0.141. The molecule has 0 bridgehead atoms. The average Bonchev–Trinajstić information content (AvgIpc) is 2.61. The Morgan fingerprint density at radius 1 is 1.34 bits per heavy atom. The first-order chi connectivity index (χ1) is 13.5. The van der Waals surface area contributed by atoms with Crippen LogP contribution in [-0.2, 0) is 18.6 Å². The number of phosphoric ester groups is 1. The van der Waals surface area contributed by atoms with Crippen molar-refractivity contribution >= 4 is 13.8 Å². The molecule has 0 aromatic rings. The van der Waals surface area contributed by atoms with Gasteiger partial charge in [0.25, 0.3) is 0 Å². The average molecular weight is 430 g/mol. The summed E-state index contributed by atoms with van der Waals surface area (Å²) in [6, 6.07) is 0. The van der Waals surface area contributed by atoms with Crippen LogP contribution < -0.4 is 0 Å². The van der Waals surface area contributed by atoms with Crippen molar-refractivity contribution in [2.45, 2.75) is 43.7 Å². The highest BCUT2D eigenvalue weighted by Crippen LogP contribution is 2.41. The number of esters is 1. The van der Waals surface area contributed by atoms with E-state index in [1.165, 1.54) is 43.4 Å². The molecule has 1 rings (SSSR count). The first-order valence-electron chi connectivity index (χ1n) is 8.85. The van der Waals surface area contributed by atoms with Crippen molar-refractivity contribution in [1.29, 1.82) is 0 Å². The number of carbonyl (C=O) groups excluding carboxylic acids is 1. The van der Waals surface area contributed by atoms with E-state index in [2.05, 4.69) is 4.52 Å². The third-order valence-corrected chi connectivity index (χ3v) is 4.35. The maximum absolute atomic E-state index is 11.3. The van der Waals surface area contributed by atoms with E-state index in [4.69, 9.17) is 19.6 Å². The van der Waals surface area contributed by atoms with E-state index >= 15 is 0 Å². The van der Waals surface area contributed by atoms with Crippen LogP contribution in [0.25, 0.3) is 0 Å². The van der Waals surface area contributed by atoms with Crippen molar-refractivity contribution in [2.24, 2.45) is 0 Å². The zero-order chi connectivity index (χ0) is 21.9. The Bertz CT molecular complexity index is 715. The Morgan fingerprint density at radius 2 is 2.03 bits per heavy atom. The van der Waals surface area contributed by atoms with Crippen LogP contribution in [0, 0.1) is 0 Å². The van der Waals surface area contributed by atoms with Gasteiger partial charge in [-0.2, -0.15) is 0 Å². The molecule has 0 aromatic heterocycles. The van der Waals surface area contributed by atoms with Gasteiger partial charge in [-0.3, -0.25) is 4.52 Å². The summed E-state index contributed by atoms with van der Waals surface area (Å²) in [6.45, 7) is 1.16. The summed E-state index contributed by atoms with van der Waals surface area (Å²) < 4.78 is 21.0. The normalized spacial score (nSPS) is 22.6. The molecule has 10 heteroatoms. The second kappa shape index (κ2) is 12.0. The summed E-state index contributed by atoms with van der Waals surface area (Å²) in [6.07, 6.45) is 11.5. The molecule has 1 heterocycles. The van der Waals surface area contributed by atoms with Gasteiger partial charge in [0.05, 0.1) is 12.7 Å². The lowest BCUT2D eigenvalue weighted by Gasteiger charge is -2.31. The van der Waals surface area contributed by atoms with Crippen LogP contribution in [0.15, 0.2) is 60.8 Å². The minimum atomic E-state index is -4.96. The van der Waals surface area contributed by atoms with Gasteiger partial charge in [-0.1, -0.05) is 48.6 Å². The number of hydrogen-bond acceptors (Lipinski definition) is 7. The molecule has 1 aliphatic heterocycles. The number of allylic oxidation sites excluding steroid dienone is 4. The van der Waals surface area contributed by atoms with Crippen LogP contribution in [0.5, 0.6) is 0 Å². The molecule has 0 radical (unpaired) electrons. The van der Waals surface area contributed by atoms with Crippen LogP contribution >= 0.6 is 7.82 Å². The third kappa shape index (κ3) is 11.1. The summed E-state index contributed by atoms with van der Waals surface area (Å²) in [5.41, 5.74) is -1.87. The number of ether oxygens (including phenoxy) is 1.